The molecule has 1 atom stereocenters. The standard InChI is InChI=1S/C17H19BrClN/c1-9-7-10(2)12(4)16(11(9)3)17(20)14-6-5-13(19)8-15(14)18/h5-8,17H,20H2,1-4H3. The van der Waals surface area contributed by atoms with E-state index in [1.807, 2.05) is 18.2 Å². The average Bonchev–Trinajstić information content (AvgIpc) is 2.36. The van der Waals surface area contributed by atoms with Gasteiger partial charge in [-0.25, -0.2) is 0 Å². The maximum absolute atomic E-state index is 6.53. The monoisotopic (exact) mass is 351 g/mol. The Hall–Kier alpha value is -0.830. The highest BCUT2D eigenvalue weighted by Gasteiger charge is 2.19. The highest BCUT2D eigenvalue weighted by Crippen LogP contribution is 2.34. The number of rotatable bonds is 2. The summed E-state index contributed by atoms with van der Waals surface area (Å²) in [6, 6.07) is 7.84. The van der Waals surface area contributed by atoms with E-state index in [4.69, 9.17) is 17.3 Å². The van der Waals surface area contributed by atoms with Crippen LogP contribution in [0, 0.1) is 27.7 Å². The van der Waals surface area contributed by atoms with Crippen molar-refractivity contribution in [2.75, 3.05) is 0 Å². The summed E-state index contributed by atoms with van der Waals surface area (Å²) in [5, 5.41) is 0.710. The summed E-state index contributed by atoms with van der Waals surface area (Å²) in [4.78, 5) is 0. The fourth-order valence-electron chi connectivity index (χ4n) is 2.62. The van der Waals surface area contributed by atoms with Crippen molar-refractivity contribution in [3.8, 4) is 0 Å². The van der Waals surface area contributed by atoms with Gasteiger partial charge in [-0.1, -0.05) is 39.7 Å². The molecule has 0 saturated heterocycles. The van der Waals surface area contributed by atoms with E-state index in [0.717, 1.165) is 10.0 Å². The van der Waals surface area contributed by atoms with Gasteiger partial charge in [0.25, 0.3) is 0 Å². The molecule has 1 nitrogen and oxygen atoms in total. The lowest BCUT2D eigenvalue weighted by Gasteiger charge is -2.22. The minimum absolute atomic E-state index is 0.153. The number of hydrogen-bond donors (Lipinski definition) is 1. The molecule has 0 aliphatic carbocycles. The molecule has 0 bridgehead atoms. The van der Waals surface area contributed by atoms with Crippen LogP contribution in [0.25, 0.3) is 0 Å². The van der Waals surface area contributed by atoms with Gasteiger partial charge >= 0.3 is 0 Å². The highest BCUT2D eigenvalue weighted by molar-refractivity contribution is 9.10. The first-order valence-corrected chi connectivity index (χ1v) is 7.77. The molecule has 0 radical (unpaired) electrons. The largest absolute Gasteiger partial charge is 0.320 e. The van der Waals surface area contributed by atoms with Crippen LogP contribution >= 0.6 is 27.5 Å². The van der Waals surface area contributed by atoms with Gasteiger partial charge in [-0.05, 0) is 73.2 Å². The molecule has 2 N–H and O–H groups in total. The summed E-state index contributed by atoms with van der Waals surface area (Å²) in [6.45, 7) is 8.55. The lowest BCUT2D eigenvalue weighted by atomic mass is 9.87. The van der Waals surface area contributed by atoms with E-state index in [0.29, 0.717) is 5.02 Å². The Kier molecular flexibility index (Phi) is 4.58. The first-order chi connectivity index (χ1) is 9.32. The third-order valence-electron chi connectivity index (χ3n) is 4.03. The van der Waals surface area contributed by atoms with Crippen molar-refractivity contribution in [2.45, 2.75) is 33.7 Å². The summed E-state index contributed by atoms with van der Waals surface area (Å²) >= 11 is 9.58. The van der Waals surface area contributed by atoms with E-state index < -0.39 is 0 Å². The maximum Gasteiger partial charge on any atom is 0.0568 e. The molecule has 0 aliphatic rings. The zero-order valence-electron chi connectivity index (χ0n) is 12.2. The minimum atomic E-state index is -0.153. The van der Waals surface area contributed by atoms with Gasteiger partial charge in [0.1, 0.15) is 0 Å². The molecule has 3 heteroatoms. The third kappa shape index (κ3) is 2.78. The van der Waals surface area contributed by atoms with E-state index in [1.54, 1.807) is 0 Å². The van der Waals surface area contributed by atoms with Crippen LogP contribution < -0.4 is 5.73 Å². The summed E-state index contributed by atoms with van der Waals surface area (Å²) in [7, 11) is 0. The summed E-state index contributed by atoms with van der Waals surface area (Å²) in [5.74, 6) is 0. The number of hydrogen-bond acceptors (Lipinski definition) is 1. The number of nitrogens with two attached hydrogens (primary N) is 1. The zero-order valence-corrected chi connectivity index (χ0v) is 14.6. The maximum atomic E-state index is 6.53. The SMILES string of the molecule is Cc1cc(C)c(C)c(C(N)c2ccc(Cl)cc2Br)c1C. The first-order valence-electron chi connectivity index (χ1n) is 6.60. The molecule has 0 spiro atoms. The fraction of sp³-hybridized carbons (Fsp3) is 0.294. The van der Waals surface area contributed by atoms with Crippen molar-refractivity contribution in [3.05, 3.63) is 67.1 Å². The summed E-state index contributed by atoms with van der Waals surface area (Å²) < 4.78 is 0.954. The molecule has 1 unspecified atom stereocenters. The molecule has 0 amide bonds. The molecule has 2 rings (SSSR count). The Balaban J connectivity index is 2.62. The lowest BCUT2D eigenvalue weighted by molar-refractivity contribution is 0.840. The molecule has 0 fully saturated rings. The molecule has 2 aromatic rings. The Morgan fingerprint density at radius 1 is 1.00 bits per heavy atom. The van der Waals surface area contributed by atoms with Crippen molar-refractivity contribution in [3.63, 3.8) is 0 Å². The topological polar surface area (TPSA) is 26.0 Å². The second kappa shape index (κ2) is 5.88. The van der Waals surface area contributed by atoms with Crippen LogP contribution in [0.2, 0.25) is 5.02 Å². The van der Waals surface area contributed by atoms with E-state index in [-0.39, 0.29) is 6.04 Å². The molecule has 0 saturated carbocycles. The van der Waals surface area contributed by atoms with E-state index in [2.05, 4.69) is 49.7 Å². The van der Waals surface area contributed by atoms with Gasteiger partial charge in [-0.15, -0.1) is 0 Å². The first kappa shape index (κ1) is 15.6. The van der Waals surface area contributed by atoms with Crippen molar-refractivity contribution in [1.29, 1.82) is 0 Å². The predicted molar refractivity (Wildman–Crippen MR) is 90.6 cm³/mol. The Bertz CT molecular complexity index is 638. The Morgan fingerprint density at radius 3 is 2.05 bits per heavy atom. The van der Waals surface area contributed by atoms with Crippen LogP contribution in [-0.2, 0) is 0 Å². The van der Waals surface area contributed by atoms with Crippen molar-refractivity contribution >= 4 is 27.5 Å². The molecular formula is C17H19BrClN. The smallest absolute Gasteiger partial charge is 0.0568 e. The zero-order chi connectivity index (χ0) is 15.0. The molecule has 0 aliphatic heterocycles. The fourth-order valence-corrected chi connectivity index (χ4v) is 3.55. The summed E-state index contributed by atoms with van der Waals surface area (Å²) in [5.41, 5.74) is 13.9. The van der Waals surface area contributed by atoms with Crippen molar-refractivity contribution in [2.24, 2.45) is 5.73 Å². The molecule has 0 heterocycles. The summed E-state index contributed by atoms with van der Waals surface area (Å²) in [6.07, 6.45) is 0. The van der Waals surface area contributed by atoms with Crippen LogP contribution in [-0.4, -0.2) is 0 Å². The van der Waals surface area contributed by atoms with Crippen LogP contribution in [0.3, 0.4) is 0 Å². The van der Waals surface area contributed by atoms with Gasteiger partial charge in [-0.3, -0.25) is 0 Å². The number of aryl methyl sites for hydroxylation is 2. The Morgan fingerprint density at radius 2 is 1.55 bits per heavy atom. The van der Waals surface area contributed by atoms with Crippen LogP contribution in [0.1, 0.15) is 39.4 Å². The number of benzene rings is 2. The lowest BCUT2D eigenvalue weighted by Crippen LogP contribution is -2.16. The number of halogens is 2. The average molecular weight is 353 g/mol. The van der Waals surface area contributed by atoms with E-state index in [1.165, 1.54) is 27.8 Å². The Labute approximate surface area is 134 Å². The second-order valence-electron chi connectivity index (χ2n) is 5.32. The van der Waals surface area contributed by atoms with Gasteiger partial charge in [0, 0.05) is 9.50 Å². The van der Waals surface area contributed by atoms with Crippen LogP contribution in [0.4, 0.5) is 0 Å². The molecule has 2 aromatic carbocycles. The van der Waals surface area contributed by atoms with Crippen molar-refractivity contribution in [1.82, 2.24) is 0 Å². The predicted octanol–water partition coefficient (Wildman–Crippen LogP) is 5.38. The van der Waals surface area contributed by atoms with Crippen LogP contribution in [0.5, 0.6) is 0 Å². The molecule has 106 valence electrons. The van der Waals surface area contributed by atoms with Crippen molar-refractivity contribution < 1.29 is 0 Å². The van der Waals surface area contributed by atoms with Crippen LogP contribution in [0.15, 0.2) is 28.7 Å². The normalized spacial score (nSPS) is 12.6. The molecular weight excluding hydrogens is 334 g/mol. The molecule has 20 heavy (non-hydrogen) atoms. The quantitative estimate of drug-likeness (QED) is 0.771. The minimum Gasteiger partial charge on any atom is -0.320 e. The van der Waals surface area contributed by atoms with Gasteiger partial charge in [0.2, 0.25) is 0 Å². The third-order valence-corrected chi connectivity index (χ3v) is 4.95. The van der Waals surface area contributed by atoms with E-state index in [9.17, 15) is 0 Å². The van der Waals surface area contributed by atoms with Gasteiger partial charge < -0.3 is 5.73 Å². The van der Waals surface area contributed by atoms with Gasteiger partial charge in [0.05, 0.1) is 6.04 Å². The van der Waals surface area contributed by atoms with Gasteiger partial charge in [-0.2, -0.15) is 0 Å². The highest BCUT2D eigenvalue weighted by atomic mass is 79.9. The van der Waals surface area contributed by atoms with Gasteiger partial charge in [0.15, 0.2) is 0 Å². The van der Waals surface area contributed by atoms with E-state index >= 15 is 0 Å². The second-order valence-corrected chi connectivity index (χ2v) is 6.61. The molecule has 0 aromatic heterocycles.